The van der Waals surface area contributed by atoms with Crippen LogP contribution in [0.25, 0.3) is 5.69 Å². The highest BCUT2D eigenvalue weighted by atomic mass is 16.1. The molecule has 0 fully saturated rings. The molecule has 0 saturated carbocycles. The second-order valence-electron chi connectivity index (χ2n) is 7.16. The summed E-state index contributed by atoms with van der Waals surface area (Å²) in [5, 5.41) is 7.56. The van der Waals surface area contributed by atoms with E-state index in [-0.39, 0.29) is 5.91 Å². The normalized spacial score (nSPS) is 10.9. The van der Waals surface area contributed by atoms with Crippen LogP contribution < -0.4 is 5.32 Å². The van der Waals surface area contributed by atoms with Gasteiger partial charge in [0.05, 0.1) is 24.1 Å². The van der Waals surface area contributed by atoms with Crippen molar-refractivity contribution in [3.05, 3.63) is 95.3 Å². The number of hydrogen-bond acceptors (Lipinski definition) is 3. The minimum absolute atomic E-state index is 0.148. The van der Waals surface area contributed by atoms with Gasteiger partial charge in [0, 0.05) is 29.5 Å². The Morgan fingerprint density at radius 2 is 1.72 bits per heavy atom. The van der Waals surface area contributed by atoms with Gasteiger partial charge in [-0.1, -0.05) is 29.8 Å². The highest BCUT2D eigenvalue weighted by Crippen LogP contribution is 2.19. The molecule has 1 amide bonds. The van der Waals surface area contributed by atoms with Gasteiger partial charge in [0.25, 0.3) is 5.91 Å². The molecule has 6 heteroatoms. The van der Waals surface area contributed by atoms with Crippen molar-refractivity contribution < 1.29 is 4.79 Å². The quantitative estimate of drug-likeness (QED) is 0.557. The summed E-state index contributed by atoms with van der Waals surface area (Å²) in [6, 6.07) is 16.0. The number of anilines is 1. The van der Waals surface area contributed by atoms with Crippen molar-refractivity contribution in [3.8, 4) is 5.69 Å². The van der Waals surface area contributed by atoms with E-state index < -0.39 is 0 Å². The smallest absolute Gasteiger partial charge is 0.259 e. The molecule has 0 saturated heterocycles. The number of aromatic nitrogens is 4. The van der Waals surface area contributed by atoms with Gasteiger partial charge in [0.2, 0.25) is 0 Å². The first-order chi connectivity index (χ1) is 14.0. The Hall–Kier alpha value is -3.67. The number of carbonyl (C=O) groups excluding carboxylic acids is 1. The molecular weight excluding hydrogens is 362 g/mol. The Bertz CT molecular complexity index is 1120. The van der Waals surface area contributed by atoms with Gasteiger partial charge in [-0.3, -0.25) is 9.48 Å². The summed E-state index contributed by atoms with van der Waals surface area (Å²) < 4.78 is 3.80. The SMILES string of the molecule is Cc1ccc(Cn2nc(C)c(C(=O)Nc3ccc(-n4ccnc4)cc3)c2C)cc1. The molecule has 0 bridgehead atoms. The van der Waals surface area contributed by atoms with Gasteiger partial charge in [-0.25, -0.2) is 4.98 Å². The Labute approximate surface area is 169 Å². The first-order valence-electron chi connectivity index (χ1n) is 9.50. The molecule has 0 unspecified atom stereocenters. The third-order valence-corrected chi connectivity index (χ3v) is 4.99. The Kier molecular flexibility index (Phi) is 4.99. The van der Waals surface area contributed by atoms with Crippen LogP contribution in [0.1, 0.15) is 32.9 Å². The molecule has 4 rings (SSSR count). The molecule has 2 aromatic heterocycles. The van der Waals surface area contributed by atoms with Crippen molar-refractivity contribution >= 4 is 11.6 Å². The van der Waals surface area contributed by atoms with Crippen LogP contribution in [0, 0.1) is 20.8 Å². The molecule has 4 aromatic rings. The molecule has 0 aliphatic rings. The molecule has 2 heterocycles. The average Bonchev–Trinajstić information content (AvgIpc) is 3.33. The first kappa shape index (κ1) is 18.7. The average molecular weight is 385 g/mol. The van der Waals surface area contributed by atoms with Gasteiger partial charge < -0.3 is 9.88 Å². The molecule has 6 nitrogen and oxygen atoms in total. The van der Waals surface area contributed by atoms with Crippen LogP contribution >= 0.6 is 0 Å². The lowest BCUT2D eigenvalue weighted by Crippen LogP contribution is -2.14. The monoisotopic (exact) mass is 385 g/mol. The van der Waals surface area contributed by atoms with Gasteiger partial charge in [0.1, 0.15) is 0 Å². The zero-order chi connectivity index (χ0) is 20.4. The van der Waals surface area contributed by atoms with E-state index in [1.54, 1.807) is 12.5 Å². The maximum atomic E-state index is 12.9. The van der Waals surface area contributed by atoms with Crippen molar-refractivity contribution in [2.45, 2.75) is 27.3 Å². The number of rotatable bonds is 5. The number of benzene rings is 2. The molecule has 0 radical (unpaired) electrons. The van der Waals surface area contributed by atoms with Crippen LogP contribution in [0.15, 0.2) is 67.3 Å². The Morgan fingerprint density at radius 1 is 1.00 bits per heavy atom. The number of carbonyl (C=O) groups is 1. The zero-order valence-electron chi connectivity index (χ0n) is 16.8. The molecule has 29 heavy (non-hydrogen) atoms. The molecular formula is C23H23N5O. The van der Waals surface area contributed by atoms with Crippen LogP contribution in [-0.4, -0.2) is 25.2 Å². The summed E-state index contributed by atoms with van der Waals surface area (Å²) in [7, 11) is 0. The lowest BCUT2D eigenvalue weighted by atomic mass is 10.1. The minimum Gasteiger partial charge on any atom is -0.322 e. The maximum absolute atomic E-state index is 12.9. The van der Waals surface area contributed by atoms with E-state index in [1.807, 2.05) is 53.6 Å². The van der Waals surface area contributed by atoms with Crippen LogP contribution in [0.5, 0.6) is 0 Å². The lowest BCUT2D eigenvalue weighted by Gasteiger charge is -2.08. The van der Waals surface area contributed by atoms with Crippen LogP contribution in [0.2, 0.25) is 0 Å². The predicted molar refractivity (Wildman–Crippen MR) is 113 cm³/mol. The third-order valence-electron chi connectivity index (χ3n) is 4.99. The number of hydrogen-bond donors (Lipinski definition) is 1. The van der Waals surface area contributed by atoms with Crippen LogP contribution in [-0.2, 0) is 6.54 Å². The van der Waals surface area contributed by atoms with E-state index in [9.17, 15) is 4.79 Å². The van der Waals surface area contributed by atoms with Crippen LogP contribution in [0.3, 0.4) is 0 Å². The van der Waals surface area contributed by atoms with E-state index in [4.69, 9.17) is 0 Å². The van der Waals surface area contributed by atoms with E-state index in [2.05, 4.69) is 46.6 Å². The van der Waals surface area contributed by atoms with Gasteiger partial charge in [0.15, 0.2) is 0 Å². The summed E-state index contributed by atoms with van der Waals surface area (Å²) >= 11 is 0. The largest absolute Gasteiger partial charge is 0.322 e. The van der Waals surface area contributed by atoms with Crippen molar-refractivity contribution in [3.63, 3.8) is 0 Å². The topological polar surface area (TPSA) is 64.7 Å². The summed E-state index contributed by atoms with van der Waals surface area (Å²) in [5.74, 6) is -0.148. The van der Waals surface area contributed by atoms with E-state index >= 15 is 0 Å². The Balaban J connectivity index is 1.51. The molecule has 0 spiro atoms. The van der Waals surface area contributed by atoms with Gasteiger partial charge in [-0.05, 0) is 50.6 Å². The van der Waals surface area contributed by atoms with Crippen molar-refractivity contribution in [2.24, 2.45) is 0 Å². The lowest BCUT2D eigenvalue weighted by molar-refractivity contribution is 0.102. The second-order valence-corrected chi connectivity index (χ2v) is 7.16. The van der Waals surface area contributed by atoms with Crippen LogP contribution in [0.4, 0.5) is 5.69 Å². The highest BCUT2D eigenvalue weighted by molar-refractivity contribution is 6.05. The number of nitrogens with zero attached hydrogens (tertiary/aromatic N) is 4. The summed E-state index contributed by atoms with van der Waals surface area (Å²) in [6.07, 6.45) is 5.35. The van der Waals surface area contributed by atoms with E-state index in [0.717, 1.165) is 28.3 Å². The zero-order valence-corrected chi connectivity index (χ0v) is 16.8. The summed E-state index contributed by atoms with van der Waals surface area (Å²) in [4.78, 5) is 16.9. The minimum atomic E-state index is -0.148. The number of imidazole rings is 1. The van der Waals surface area contributed by atoms with Gasteiger partial charge in [-0.15, -0.1) is 0 Å². The third kappa shape index (κ3) is 3.96. The van der Waals surface area contributed by atoms with Gasteiger partial charge >= 0.3 is 0 Å². The molecule has 2 aromatic carbocycles. The molecule has 0 atom stereocenters. The molecule has 1 N–H and O–H groups in total. The number of nitrogens with one attached hydrogen (secondary N) is 1. The summed E-state index contributed by atoms with van der Waals surface area (Å²) in [5.41, 5.74) is 6.31. The second kappa shape index (κ2) is 7.75. The molecule has 0 aliphatic carbocycles. The number of aryl methyl sites for hydroxylation is 2. The fourth-order valence-corrected chi connectivity index (χ4v) is 3.37. The van der Waals surface area contributed by atoms with E-state index in [0.29, 0.717) is 12.1 Å². The fraction of sp³-hybridized carbons (Fsp3) is 0.174. The van der Waals surface area contributed by atoms with Crippen molar-refractivity contribution in [1.82, 2.24) is 19.3 Å². The maximum Gasteiger partial charge on any atom is 0.259 e. The molecule has 146 valence electrons. The standard InChI is InChI=1S/C23H23N5O/c1-16-4-6-19(7-5-16)14-28-18(3)22(17(2)26-28)23(29)25-20-8-10-21(11-9-20)27-13-12-24-15-27/h4-13,15H,14H2,1-3H3,(H,25,29). The first-order valence-corrected chi connectivity index (χ1v) is 9.50. The Morgan fingerprint density at radius 3 is 2.38 bits per heavy atom. The van der Waals surface area contributed by atoms with Crippen molar-refractivity contribution in [1.29, 1.82) is 0 Å². The number of amides is 1. The summed E-state index contributed by atoms with van der Waals surface area (Å²) in [6.45, 7) is 6.51. The predicted octanol–water partition coefficient (Wildman–Crippen LogP) is 4.29. The van der Waals surface area contributed by atoms with E-state index in [1.165, 1.54) is 5.56 Å². The fourth-order valence-electron chi connectivity index (χ4n) is 3.37. The highest BCUT2D eigenvalue weighted by Gasteiger charge is 2.19. The van der Waals surface area contributed by atoms with Gasteiger partial charge in [-0.2, -0.15) is 5.10 Å². The van der Waals surface area contributed by atoms with Crippen molar-refractivity contribution in [2.75, 3.05) is 5.32 Å². The molecule has 0 aliphatic heterocycles.